The molecule has 5 atom stereocenters. The van der Waals surface area contributed by atoms with E-state index in [4.69, 9.17) is 14.2 Å². The molecule has 3 aliphatic carbocycles. The van der Waals surface area contributed by atoms with Crippen molar-refractivity contribution in [3.63, 3.8) is 0 Å². The molecule has 0 unspecified atom stereocenters. The largest absolute Gasteiger partial charge is 0.461 e. The first-order valence-electron chi connectivity index (χ1n) is 9.78. The number of carbonyl (C=O) groups excluding carboxylic acids is 2. The maximum atomic E-state index is 13.4. The van der Waals surface area contributed by atoms with Gasteiger partial charge in [0.25, 0.3) is 0 Å². The average molecular weight is 358 g/mol. The van der Waals surface area contributed by atoms with E-state index in [1.54, 1.807) is 6.08 Å². The highest BCUT2D eigenvalue weighted by Crippen LogP contribution is 2.63. The molecule has 0 aromatic carbocycles. The number of rotatable bonds is 2. The fraction of sp³-hybridized carbons (Fsp3) is 0.714. The molecule has 2 heterocycles. The number of ketones is 1. The van der Waals surface area contributed by atoms with E-state index in [2.05, 4.69) is 19.6 Å². The van der Waals surface area contributed by atoms with Crippen LogP contribution in [0.3, 0.4) is 0 Å². The zero-order chi connectivity index (χ0) is 18.2. The van der Waals surface area contributed by atoms with Crippen molar-refractivity contribution in [1.29, 1.82) is 0 Å². The number of allylic oxidation sites excluding steroid dienone is 2. The Kier molecular flexibility index (Phi) is 3.40. The molecule has 0 aromatic heterocycles. The summed E-state index contributed by atoms with van der Waals surface area (Å²) in [4.78, 5) is 26.0. The maximum Gasteiger partial charge on any atom is 0.320 e. The molecular formula is C21H26O5. The molecule has 140 valence electrons. The molecule has 5 aliphatic rings. The van der Waals surface area contributed by atoms with Gasteiger partial charge in [0, 0.05) is 31.1 Å². The Morgan fingerprint density at radius 2 is 2.04 bits per heavy atom. The number of ether oxygens (including phenoxy) is 3. The van der Waals surface area contributed by atoms with E-state index in [-0.39, 0.29) is 35.1 Å². The van der Waals surface area contributed by atoms with Gasteiger partial charge in [-0.2, -0.15) is 0 Å². The topological polar surface area (TPSA) is 61.8 Å². The van der Waals surface area contributed by atoms with E-state index in [0.717, 1.165) is 19.3 Å². The van der Waals surface area contributed by atoms with Crippen molar-refractivity contribution < 1.29 is 23.8 Å². The van der Waals surface area contributed by atoms with Gasteiger partial charge in [-0.25, -0.2) is 0 Å². The van der Waals surface area contributed by atoms with Crippen LogP contribution in [-0.4, -0.2) is 36.9 Å². The molecule has 1 spiro atoms. The second-order valence-corrected chi connectivity index (χ2v) is 8.89. The van der Waals surface area contributed by atoms with Crippen molar-refractivity contribution in [2.24, 2.45) is 22.7 Å². The van der Waals surface area contributed by atoms with E-state index in [9.17, 15) is 9.59 Å². The van der Waals surface area contributed by atoms with E-state index >= 15 is 0 Å². The van der Waals surface area contributed by atoms with Gasteiger partial charge in [-0.3, -0.25) is 9.59 Å². The number of carbonyl (C=O) groups is 2. The van der Waals surface area contributed by atoms with Crippen molar-refractivity contribution in [3.8, 4) is 0 Å². The van der Waals surface area contributed by atoms with Crippen LogP contribution in [0.5, 0.6) is 0 Å². The Morgan fingerprint density at radius 1 is 1.27 bits per heavy atom. The lowest BCUT2D eigenvalue weighted by Crippen LogP contribution is -2.56. The van der Waals surface area contributed by atoms with Crippen molar-refractivity contribution in [2.45, 2.75) is 57.3 Å². The summed E-state index contributed by atoms with van der Waals surface area (Å²) in [5.74, 6) is -0.796. The van der Waals surface area contributed by atoms with Gasteiger partial charge in [0.2, 0.25) is 0 Å². The minimum Gasteiger partial charge on any atom is -0.461 e. The van der Waals surface area contributed by atoms with Crippen LogP contribution in [0, 0.1) is 22.7 Å². The minimum atomic E-state index is -0.983. The Morgan fingerprint density at radius 3 is 2.77 bits per heavy atom. The fourth-order valence-corrected chi connectivity index (χ4v) is 6.41. The first-order valence-corrected chi connectivity index (χ1v) is 9.78. The lowest BCUT2D eigenvalue weighted by Gasteiger charge is -2.54. The Balaban J connectivity index is 1.52. The maximum absolute atomic E-state index is 13.4. The zero-order valence-electron chi connectivity index (χ0n) is 15.3. The van der Waals surface area contributed by atoms with Crippen LogP contribution in [-0.2, 0) is 23.8 Å². The molecule has 2 saturated carbocycles. The first-order chi connectivity index (χ1) is 12.4. The van der Waals surface area contributed by atoms with E-state index < -0.39 is 11.2 Å². The summed E-state index contributed by atoms with van der Waals surface area (Å²) < 4.78 is 17.7. The SMILES string of the molecule is C=CC[C@@]12C[C@H](OC1=O)[C@H]1[C@@H](CC=C3CC4(CC[C@]31C)OCCO4)C2=O. The minimum absolute atomic E-state index is 0.0677. The second-order valence-electron chi connectivity index (χ2n) is 8.89. The van der Waals surface area contributed by atoms with Gasteiger partial charge in [0.15, 0.2) is 11.6 Å². The predicted molar refractivity (Wildman–Crippen MR) is 93.0 cm³/mol. The van der Waals surface area contributed by atoms with Crippen molar-refractivity contribution >= 4 is 11.8 Å². The summed E-state index contributed by atoms with van der Waals surface area (Å²) >= 11 is 0. The van der Waals surface area contributed by atoms with Crippen molar-refractivity contribution in [3.05, 3.63) is 24.3 Å². The van der Waals surface area contributed by atoms with Crippen LogP contribution in [0.1, 0.15) is 45.4 Å². The Hall–Kier alpha value is -1.46. The van der Waals surface area contributed by atoms with Crippen LogP contribution in [0.25, 0.3) is 0 Å². The molecular weight excluding hydrogens is 332 g/mol. The molecule has 4 fully saturated rings. The number of hydrogen-bond donors (Lipinski definition) is 0. The van der Waals surface area contributed by atoms with Crippen LogP contribution < -0.4 is 0 Å². The summed E-state index contributed by atoms with van der Waals surface area (Å²) in [6.45, 7) is 7.31. The van der Waals surface area contributed by atoms with Gasteiger partial charge in [-0.05, 0) is 24.7 Å². The molecule has 5 rings (SSSR count). The van der Waals surface area contributed by atoms with Crippen molar-refractivity contribution in [2.75, 3.05) is 13.2 Å². The molecule has 0 N–H and O–H groups in total. The number of hydrogen-bond acceptors (Lipinski definition) is 5. The van der Waals surface area contributed by atoms with Crippen LogP contribution >= 0.6 is 0 Å². The monoisotopic (exact) mass is 358 g/mol. The molecule has 2 saturated heterocycles. The van der Waals surface area contributed by atoms with E-state index in [0.29, 0.717) is 32.5 Å². The average Bonchev–Trinajstić information content (AvgIpc) is 3.18. The molecule has 0 radical (unpaired) electrons. The lowest BCUT2D eigenvalue weighted by molar-refractivity contribution is -0.186. The molecule has 5 heteroatoms. The van der Waals surface area contributed by atoms with Gasteiger partial charge < -0.3 is 14.2 Å². The number of esters is 1. The van der Waals surface area contributed by atoms with E-state index in [1.165, 1.54) is 5.57 Å². The molecule has 0 amide bonds. The normalized spacial score (nSPS) is 45.7. The Bertz CT molecular complexity index is 718. The second kappa shape index (κ2) is 5.29. The molecule has 2 aliphatic heterocycles. The quantitative estimate of drug-likeness (QED) is 0.431. The third-order valence-corrected chi connectivity index (χ3v) is 7.72. The van der Waals surface area contributed by atoms with Gasteiger partial charge in [-0.15, -0.1) is 6.58 Å². The lowest BCUT2D eigenvalue weighted by atomic mass is 9.49. The summed E-state index contributed by atoms with van der Waals surface area (Å²) in [5, 5.41) is 0. The first kappa shape index (κ1) is 16.7. The summed E-state index contributed by atoms with van der Waals surface area (Å²) in [5.41, 5.74) is 0.205. The number of fused-ring (bicyclic) bond motifs is 6. The van der Waals surface area contributed by atoms with Gasteiger partial charge in [0.05, 0.1) is 13.2 Å². The van der Waals surface area contributed by atoms with Crippen molar-refractivity contribution in [1.82, 2.24) is 0 Å². The fourth-order valence-electron chi connectivity index (χ4n) is 6.41. The van der Waals surface area contributed by atoms with Gasteiger partial charge >= 0.3 is 5.97 Å². The van der Waals surface area contributed by atoms with Gasteiger partial charge in [-0.1, -0.05) is 24.6 Å². The summed E-state index contributed by atoms with van der Waals surface area (Å²) in [7, 11) is 0. The summed E-state index contributed by atoms with van der Waals surface area (Å²) in [6.07, 6.45) is 7.83. The standard InChI is InChI=1S/C21H26O5/c1-3-6-20-12-15(26-18(20)23)16-14(17(20)22)5-4-13-11-21(24-9-10-25-21)8-7-19(13,16)2/h3-4,14-16H,1,5-12H2,2H3/t14-,15+,16-,19-,20+/m1/s1. The third-order valence-electron chi connectivity index (χ3n) is 7.72. The van der Waals surface area contributed by atoms with Crippen LogP contribution in [0.4, 0.5) is 0 Å². The Labute approximate surface area is 153 Å². The van der Waals surface area contributed by atoms with E-state index in [1.807, 2.05) is 0 Å². The van der Waals surface area contributed by atoms with Crippen LogP contribution in [0.15, 0.2) is 24.3 Å². The highest BCUT2D eigenvalue weighted by molar-refractivity contribution is 6.07. The zero-order valence-corrected chi connectivity index (χ0v) is 15.3. The predicted octanol–water partition coefficient (Wildman–Crippen LogP) is 2.94. The molecule has 26 heavy (non-hydrogen) atoms. The highest BCUT2D eigenvalue weighted by Gasteiger charge is 2.68. The van der Waals surface area contributed by atoms with Crippen LogP contribution in [0.2, 0.25) is 0 Å². The smallest absolute Gasteiger partial charge is 0.320 e. The third kappa shape index (κ3) is 1.93. The molecule has 2 bridgehead atoms. The molecule has 0 aromatic rings. The summed E-state index contributed by atoms with van der Waals surface area (Å²) in [6, 6.07) is 0. The molecule has 5 nitrogen and oxygen atoms in total. The number of Topliss-reactive ketones (excluding diaryl/α,β-unsaturated/α-hetero) is 1. The van der Waals surface area contributed by atoms with Gasteiger partial charge in [0.1, 0.15) is 11.5 Å². The highest BCUT2D eigenvalue weighted by atomic mass is 16.7.